The molecule has 0 aliphatic heterocycles. The highest BCUT2D eigenvalue weighted by molar-refractivity contribution is 5.78. The van der Waals surface area contributed by atoms with Gasteiger partial charge in [-0.25, -0.2) is 0 Å². The summed E-state index contributed by atoms with van der Waals surface area (Å²) in [5.74, 6) is -0.197. The number of nitrogens with two attached hydrogens (primary N) is 1. The summed E-state index contributed by atoms with van der Waals surface area (Å²) in [5.41, 5.74) is 5.70. The lowest BCUT2D eigenvalue weighted by Gasteiger charge is -2.09. The molecule has 0 aromatic rings. The van der Waals surface area contributed by atoms with Crippen LogP contribution in [0.2, 0.25) is 0 Å². The molecule has 2 heteroatoms. The van der Waals surface area contributed by atoms with Crippen molar-refractivity contribution in [2.75, 3.05) is 0 Å². The van der Waals surface area contributed by atoms with Gasteiger partial charge in [0.05, 0.1) is 5.92 Å². The van der Waals surface area contributed by atoms with Gasteiger partial charge in [0.1, 0.15) is 0 Å². The van der Waals surface area contributed by atoms with Crippen molar-refractivity contribution in [3.63, 3.8) is 0 Å². The predicted octanol–water partition coefficient (Wildman–Crippen LogP) is 14.7. The van der Waals surface area contributed by atoms with E-state index in [1.165, 1.54) is 212 Å². The Morgan fingerprint density at radius 1 is 0.409 bits per heavy atom. The molecule has 0 aliphatic rings. The zero-order valence-electron chi connectivity index (χ0n) is 30.7. The van der Waals surface area contributed by atoms with Crippen LogP contribution in [0.4, 0.5) is 0 Å². The molecule has 0 saturated carbocycles. The summed E-state index contributed by atoms with van der Waals surface area (Å²) in [6.07, 6.45) is 54.0. The second kappa shape index (κ2) is 38.4. The number of carbonyl (C=O) groups is 1. The molecule has 0 saturated heterocycles. The first kappa shape index (κ1) is 43.2. The average Bonchev–Trinajstić information content (AvgIpc) is 3.02. The molecule has 0 bridgehead atoms. The molecule has 262 valence electrons. The van der Waals surface area contributed by atoms with E-state index in [9.17, 15) is 4.79 Å². The maximum absolute atomic E-state index is 11.9. The Bertz CT molecular complexity index is 570. The molecule has 0 fully saturated rings. The molecule has 1 atom stereocenters. The van der Waals surface area contributed by atoms with Gasteiger partial charge in [-0.15, -0.1) is 0 Å². The van der Waals surface area contributed by atoms with Gasteiger partial charge in [-0.05, 0) is 19.3 Å². The molecule has 1 amide bonds. The summed E-state index contributed by atoms with van der Waals surface area (Å²) in [6.45, 7) is 4.59. The van der Waals surface area contributed by atoms with Gasteiger partial charge in [-0.1, -0.05) is 238 Å². The molecule has 44 heavy (non-hydrogen) atoms. The van der Waals surface area contributed by atoms with Gasteiger partial charge in [0, 0.05) is 0 Å². The van der Waals surface area contributed by atoms with Gasteiger partial charge >= 0.3 is 0 Å². The summed E-state index contributed by atoms with van der Waals surface area (Å²) in [5, 5.41) is 0. The van der Waals surface area contributed by atoms with Crippen molar-refractivity contribution in [1.29, 1.82) is 0 Å². The van der Waals surface area contributed by atoms with Gasteiger partial charge in [0.25, 0.3) is 0 Å². The van der Waals surface area contributed by atoms with Gasteiger partial charge in [-0.3, -0.25) is 4.79 Å². The summed E-state index contributed by atoms with van der Waals surface area (Å²) < 4.78 is 0. The third-order valence-electron chi connectivity index (χ3n) is 9.83. The molecule has 0 heterocycles. The van der Waals surface area contributed by atoms with Crippen LogP contribution in [0, 0.1) is 5.92 Å². The molecule has 2 nitrogen and oxygen atoms in total. The van der Waals surface area contributed by atoms with Crippen LogP contribution in [0.25, 0.3) is 0 Å². The minimum atomic E-state index is -0.139. The normalized spacial score (nSPS) is 12.4. The summed E-state index contributed by atoms with van der Waals surface area (Å²) in [7, 11) is 0. The van der Waals surface area contributed by atoms with Crippen LogP contribution in [0.15, 0.2) is 12.2 Å². The van der Waals surface area contributed by atoms with Crippen LogP contribution in [-0.4, -0.2) is 5.91 Å². The minimum Gasteiger partial charge on any atom is -0.369 e. The molecular weight excluding hydrogens is 534 g/mol. The van der Waals surface area contributed by atoms with Crippen molar-refractivity contribution in [1.82, 2.24) is 0 Å². The van der Waals surface area contributed by atoms with Crippen molar-refractivity contribution < 1.29 is 4.79 Å². The highest BCUT2D eigenvalue weighted by atomic mass is 16.1. The second-order valence-electron chi connectivity index (χ2n) is 14.3. The highest BCUT2D eigenvalue weighted by Crippen LogP contribution is 2.18. The first-order valence-electron chi connectivity index (χ1n) is 20.7. The van der Waals surface area contributed by atoms with Crippen molar-refractivity contribution >= 4 is 5.91 Å². The standard InChI is InChI=1S/C42H83NO/c1-3-5-7-9-11-13-15-17-19-21-23-25-27-29-31-33-35-37-39-41(42(43)44)40-38-36-34-32-30-28-26-24-22-20-18-16-14-12-10-8-6-4-2/h37,39,41H,3-36,38,40H2,1-2H3,(H2,43,44)/b39-37+. The highest BCUT2D eigenvalue weighted by Gasteiger charge is 2.10. The number of hydrogen-bond acceptors (Lipinski definition) is 1. The molecule has 0 rings (SSSR count). The summed E-state index contributed by atoms with van der Waals surface area (Å²) in [6, 6.07) is 0. The van der Waals surface area contributed by atoms with E-state index < -0.39 is 0 Å². The fourth-order valence-corrected chi connectivity index (χ4v) is 6.67. The number of unbranched alkanes of at least 4 members (excludes halogenated alkanes) is 33. The minimum absolute atomic E-state index is 0.0582. The summed E-state index contributed by atoms with van der Waals surface area (Å²) >= 11 is 0. The Hall–Kier alpha value is -0.790. The maximum atomic E-state index is 11.9. The molecule has 0 aliphatic carbocycles. The Balaban J connectivity index is 3.42. The lowest BCUT2D eigenvalue weighted by molar-refractivity contribution is -0.120. The maximum Gasteiger partial charge on any atom is 0.224 e. The SMILES string of the molecule is CCCCCCCCCCCCCCCCCC/C=C/C(CCCCCCCCCCCCCCCCCCCC)C(N)=O. The zero-order chi connectivity index (χ0) is 32.0. The molecule has 0 aromatic heterocycles. The number of amides is 1. The Morgan fingerprint density at radius 2 is 0.659 bits per heavy atom. The Labute approximate surface area is 279 Å². The first-order valence-corrected chi connectivity index (χ1v) is 20.7. The lowest BCUT2D eigenvalue weighted by Crippen LogP contribution is -2.21. The van der Waals surface area contributed by atoms with E-state index in [2.05, 4.69) is 26.0 Å². The smallest absolute Gasteiger partial charge is 0.224 e. The van der Waals surface area contributed by atoms with Gasteiger partial charge in [0.15, 0.2) is 0 Å². The third kappa shape index (κ3) is 35.7. The third-order valence-corrected chi connectivity index (χ3v) is 9.83. The first-order chi connectivity index (χ1) is 21.7. The number of rotatable bonds is 38. The molecule has 0 aromatic carbocycles. The molecule has 2 N–H and O–H groups in total. The van der Waals surface area contributed by atoms with E-state index in [1.807, 2.05) is 0 Å². The number of allylic oxidation sites excluding steroid dienone is 1. The number of primary amides is 1. The van der Waals surface area contributed by atoms with Crippen molar-refractivity contribution in [3.8, 4) is 0 Å². The fourth-order valence-electron chi connectivity index (χ4n) is 6.67. The van der Waals surface area contributed by atoms with E-state index in [0.29, 0.717) is 0 Å². The molecule has 1 unspecified atom stereocenters. The van der Waals surface area contributed by atoms with Crippen molar-refractivity contribution in [3.05, 3.63) is 12.2 Å². The number of hydrogen-bond donors (Lipinski definition) is 1. The average molecular weight is 618 g/mol. The van der Waals surface area contributed by atoms with Gasteiger partial charge < -0.3 is 5.73 Å². The van der Waals surface area contributed by atoms with E-state index in [0.717, 1.165) is 19.3 Å². The van der Waals surface area contributed by atoms with Crippen LogP contribution in [0.1, 0.15) is 245 Å². The largest absolute Gasteiger partial charge is 0.369 e. The number of carbonyl (C=O) groups excluding carboxylic acids is 1. The van der Waals surface area contributed by atoms with Crippen LogP contribution < -0.4 is 5.73 Å². The van der Waals surface area contributed by atoms with Crippen LogP contribution in [0.5, 0.6) is 0 Å². The van der Waals surface area contributed by atoms with E-state index in [-0.39, 0.29) is 11.8 Å². The molecular formula is C42H83NO. The Kier molecular flexibility index (Phi) is 37.7. The van der Waals surface area contributed by atoms with Crippen molar-refractivity contribution in [2.24, 2.45) is 11.7 Å². The van der Waals surface area contributed by atoms with Gasteiger partial charge in [0.2, 0.25) is 5.91 Å². The van der Waals surface area contributed by atoms with Crippen molar-refractivity contribution in [2.45, 2.75) is 245 Å². The Morgan fingerprint density at radius 3 is 0.932 bits per heavy atom. The quantitative estimate of drug-likeness (QED) is 0.0543. The zero-order valence-corrected chi connectivity index (χ0v) is 30.7. The fraction of sp³-hybridized carbons (Fsp3) is 0.929. The van der Waals surface area contributed by atoms with Crippen LogP contribution in [0.3, 0.4) is 0 Å². The van der Waals surface area contributed by atoms with E-state index >= 15 is 0 Å². The van der Waals surface area contributed by atoms with E-state index in [1.54, 1.807) is 0 Å². The molecule has 0 spiro atoms. The van der Waals surface area contributed by atoms with Gasteiger partial charge in [-0.2, -0.15) is 0 Å². The van der Waals surface area contributed by atoms with Crippen LogP contribution in [-0.2, 0) is 4.79 Å². The van der Waals surface area contributed by atoms with E-state index in [4.69, 9.17) is 5.73 Å². The lowest BCUT2D eigenvalue weighted by atomic mass is 9.98. The topological polar surface area (TPSA) is 43.1 Å². The second-order valence-corrected chi connectivity index (χ2v) is 14.3. The summed E-state index contributed by atoms with van der Waals surface area (Å²) in [4.78, 5) is 11.9. The van der Waals surface area contributed by atoms with Crippen LogP contribution >= 0.6 is 0 Å². The molecule has 0 radical (unpaired) electrons. The predicted molar refractivity (Wildman–Crippen MR) is 199 cm³/mol. The monoisotopic (exact) mass is 618 g/mol.